The maximum Gasteiger partial charge on any atom is 0.305 e. The molecule has 3 aromatic carbocycles. The van der Waals surface area contributed by atoms with Crippen LogP contribution in [0.2, 0.25) is 5.02 Å². The number of carboxylic acid groups (broad SMARTS) is 1. The molecular weight excluding hydrogens is 492 g/mol. The van der Waals surface area contributed by atoms with Crippen LogP contribution in [0.4, 0.5) is 5.13 Å². The summed E-state index contributed by atoms with van der Waals surface area (Å²) in [6, 6.07) is 25.3. The van der Waals surface area contributed by atoms with Crippen molar-refractivity contribution in [3.8, 4) is 22.8 Å². The monoisotopic (exact) mass is 520 g/mol. The van der Waals surface area contributed by atoms with Gasteiger partial charge in [0.05, 0.1) is 17.1 Å². The Bertz CT molecular complexity index is 1290. The largest absolute Gasteiger partial charge is 0.481 e. The lowest BCUT2D eigenvalue weighted by molar-refractivity contribution is -0.136. The van der Waals surface area contributed by atoms with Crippen LogP contribution in [0.1, 0.15) is 30.7 Å². The Kier molecular flexibility index (Phi) is 8.62. The number of halogens is 1. The molecule has 0 saturated heterocycles. The number of carbonyl (C=O) groups is 1. The number of aromatic nitrogens is 1. The van der Waals surface area contributed by atoms with Crippen molar-refractivity contribution in [2.45, 2.75) is 33.2 Å². The molecule has 0 unspecified atom stereocenters. The second-order valence-electron chi connectivity index (χ2n) is 8.98. The van der Waals surface area contributed by atoms with Crippen LogP contribution in [-0.2, 0) is 17.8 Å². The second kappa shape index (κ2) is 12.1. The first-order valence-electron chi connectivity index (χ1n) is 11.9. The average Bonchev–Trinajstić information content (AvgIpc) is 3.27. The van der Waals surface area contributed by atoms with E-state index in [0.29, 0.717) is 29.8 Å². The van der Waals surface area contributed by atoms with Gasteiger partial charge in [-0.25, -0.2) is 4.98 Å². The fourth-order valence-electron chi connectivity index (χ4n) is 3.83. The number of benzene rings is 3. The minimum atomic E-state index is -0.826. The van der Waals surface area contributed by atoms with Crippen molar-refractivity contribution < 1.29 is 14.6 Å². The topological polar surface area (TPSA) is 62.7 Å². The van der Waals surface area contributed by atoms with Gasteiger partial charge in [-0.2, -0.15) is 0 Å². The summed E-state index contributed by atoms with van der Waals surface area (Å²) in [6.45, 7) is 5.33. The molecule has 0 bridgehead atoms. The van der Waals surface area contributed by atoms with Gasteiger partial charge in [0.25, 0.3) is 0 Å². The first-order chi connectivity index (χ1) is 17.4. The molecule has 5 nitrogen and oxygen atoms in total. The third-order valence-corrected chi connectivity index (χ3v) is 6.97. The molecule has 1 aromatic heterocycles. The maximum atomic E-state index is 11.4. The minimum absolute atomic E-state index is 0.0403. The lowest BCUT2D eigenvalue weighted by Gasteiger charge is -2.21. The van der Waals surface area contributed by atoms with Gasteiger partial charge >= 0.3 is 5.97 Å². The van der Waals surface area contributed by atoms with Crippen LogP contribution >= 0.6 is 22.9 Å². The Balaban J connectivity index is 1.67. The molecule has 4 aromatic rings. The molecule has 0 aliphatic heterocycles. The summed E-state index contributed by atoms with van der Waals surface area (Å²) in [6.07, 6.45) is 0.906. The smallest absolute Gasteiger partial charge is 0.305 e. The van der Waals surface area contributed by atoms with Crippen LogP contribution in [0.15, 0.2) is 78.9 Å². The summed E-state index contributed by atoms with van der Waals surface area (Å²) in [5.41, 5.74) is 2.90. The third-order valence-electron chi connectivity index (χ3n) is 5.54. The Labute approximate surface area is 221 Å². The van der Waals surface area contributed by atoms with E-state index in [1.54, 1.807) is 11.3 Å². The lowest BCUT2D eigenvalue weighted by Crippen LogP contribution is -2.25. The quantitative estimate of drug-likeness (QED) is 0.217. The van der Waals surface area contributed by atoms with E-state index in [9.17, 15) is 9.90 Å². The van der Waals surface area contributed by atoms with E-state index in [4.69, 9.17) is 21.3 Å². The van der Waals surface area contributed by atoms with E-state index >= 15 is 0 Å². The molecule has 186 valence electrons. The van der Waals surface area contributed by atoms with Crippen molar-refractivity contribution in [3.05, 3.63) is 94.3 Å². The van der Waals surface area contributed by atoms with Gasteiger partial charge in [0.2, 0.25) is 0 Å². The molecule has 0 aliphatic rings. The molecule has 1 heterocycles. The highest BCUT2D eigenvalue weighted by molar-refractivity contribution is 7.16. The first-order valence-corrected chi connectivity index (χ1v) is 13.1. The number of rotatable bonds is 11. The molecule has 0 radical (unpaired) electrons. The number of carboxylic acids is 1. The first kappa shape index (κ1) is 25.7. The van der Waals surface area contributed by atoms with E-state index in [1.165, 1.54) is 0 Å². The molecule has 0 fully saturated rings. The van der Waals surface area contributed by atoms with Crippen molar-refractivity contribution in [2.24, 2.45) is 5.92 Å². The number of anilines is 1. The number of hydrogen-bond donors (Lipinski definition) is 1. The summed E-state index contributed by atoms with van der Waals surface area (Å²) in [5, 5.41) is 10.6. The van der Waals surface area contributed by atoms with Gasteiger partial charge in [0.15, 0.2) is 5.13 Å². The highest BCUT2D eigenvalue weighted by atomic mass is 35.5. The lowest BCUT2D eigenvalue weighted by atomic mass is 10.0. The molecule has 0 spiro atoms. The Morgan fingerprint density at radius 3 is 2.39 bits per heavy atom. The molecule has 0 atom stereocenters. The predicted molar refractivity (Wildman–Crippen MR) is 147 cm³/mol. The molecular formula is C29H29ClN2O3S. The normalized spacial score (nSPS) is 11.0. The zero-order chi connectivity index (χ0) is 25.5. The van der Waals surface area contributed by atoms with Gasteiger partial charge in [0.1, 0.15) is 11.5 Å². The van der Waals surface area contributed by atoms with Crippen LogP contribution in [0, 0.1) is 5.92 Å². The van der Waals surface area contributed by atoms with Gasteiger partial charge in [-0.15, -0.1) is 11.3 Å². The Morgan fingerprint density at radius 1 is 1.06 bits per heavy atom. The van der Waals surface area contributed by atoms with Crippen LogP contribution < -0.4 is 9.64 Å². The molecule has 0 aliphatic carbocycles. The van der Waals surface area contributed by atoms with Crippen molar-refractivity contribution in [3.63, 3.8) is 0 Å². The van der Waals surface area contributed by atoms with Crippen molar-refractivity contribution >= 4 is 34.0 Å². The summed E-state index contributed by atoms with van der Waals surface area (Å²) in [7, 11) is 0. The fraction of sp³-hybridized carbons (Fsp3) is 0.241. The number of para-hydroxylation sites is 1. The second-order valence-corrected chi connectivity index (χ2v) is 10.4. The number of aliphatic carboxylic acids is 1. The third kappa shape index (κ3) is 6.86. The molecule has 1 N–H and O–H groups in total. The highest BCUT2D eigenvalue weighted by Crippen LogP contribution is 2.39. The van der Waals surface area contributed by atoms with Gasteiger partial charge < -0.3 is 14.7 Å². The van der Waals surface area contributed by atoms with E-state index in [-0.39, 0.29) is 6.42 Å². The summed E-state index contributed by atoms with van der Waals surface area (Å²) in [4.78, 5) is 19.6. The molecule has 0 saturated carbocycles. The maximum absolute atomic E-state index is 11.4. The van der Waals surface area contributed by atoms with Crippen molar-refractivity contribution in [1.29, 1.82) is 0 Å². The molecule has 4 rings (SSSR count). The number of ether oxygens (including phenoxy) is 1. The van der Waals surface area contributed by atoms with Gasteiger partial charge in [0, 0.05) is 23.5 Å². The zero-order valence-corrected chi connectivity index (χ0v) is 21.9. The van der Waals surface area contributed by atoms with E-state index < -0.39 is 5.97 Å². The summed E-state index contributed by atoms with van der Waals surface area (Å²) >= 11 is 8.25. The van der Waals surface area contributed by atoms with Crippen molar-refractivity contribution in [1.82, 2.24) is 4.98 Å². The minimum Gasteiger partial charge on any atom is -0.481 e. The van der Waals surface area contributed by atoms with Gasteiger partial charge in [-0.05, 0) is 48.2 Å². The van der Waals surface area contributed by atoms with Crippen molar-refractivity contribution in [2.75, 3.05) is 11.4 Å². The predicted octanol–water partition coefficient (Wildman–Crippen LogP) is 7.94. The average molecular weight is 521 g/mol. The Morgan fingerprint density at radius 2 is 1.75 bits per heavy atom. The summed E-state index contributed by atoms with van der Waals surface area (Å²) in [5.74, 6) is 0.918. The summed E-state index contributed by atoms with van der Waals surface area (Å²) < 4.78 is 5.95. The SMILES string of the molecule is CC(C)Cc1sc(N(CCC(=O)O)Cc2ccccc2)nc1-c1ccc(Oc2ccccc2)c(Cl)c1. The highest BCUT2D eigenvalue weighted by Gasteiger charge is 2.20. The number of nitrogens with zero attached hydrogens (tertiary/aromatic N) is 2. The standard InChI is InChI=1S/C29H29ClN2O3S/c1-20(2)17-26-28(22-13-14-25(24(30)18-22)35-23-11-7-4-8-12-23)31-29(36-26)32(16-15-27(33)34)19-21-9-5-3-6-10-21/h3-14,18,20H,15-17,19H2,1-2H3,(H,33,34). The fourth-order valence-corrected chi connectivity index (χ4v) is 5.37. The Hall–Kier alpha value is -3.35. The van der Waals surface area contributed by atoms with E-state index in [1.807, 2.05) is 78.9 Å². The van der Waals surface area contributed by atoms with Crippen LogP contribution in [0.5, 0.6) is 11.5 Å². The van der Waals surface area contributed by atoms with Gasteiger partial charge in [-0.1, -0.05) is 74.0 Å². The molecule has 0 amide bonds. The van der Waals surface area contributed by atoms with E-state index in [0.717, 1.165) is 39.0 Å². The van der Waals surface area contributed by atoms with Crippen LogP contribution in [0.25, 0.3) is 11.3 Å². The van der Waals surface area contributed by atoms with Crippen LogP contribution in [0.3, 0.4) is 0 Å². The van der Waals surface area contributed by atoms with E-state index in [2.05, 4.69) is 18.7 Å². The number of hydrogen-bond acceptors (Lipinski definition) is 5. The molecule has 36 heavy (non-hydrogen) atoms. The van der Waals surface area contributed by atoms with Crippen LogP contribution in [-0.4, -0.2) is 22.6 Å². The van der Waals surface area contributed by atoms with Gasteiger partial charge in [-0.3, -0.25) is 4.79 Å². The number of thiazole rings is 1. The molecule has 7 heteroatoms. The zero-order valence-electron chi connectivity index (χ0n) is 20.4.